The Morgan fingerprint density at radius 2 is 1.73 bits per heavy atom. The van der Waals surface area contributed by atoms with Crippen LogP contribution in [-0.2, 0) is 4.79 Å². The van der Waals surface area contributed by atoms with Gasteiger partial charge in [-0.15, -0.1) is 0 Å². The van der Waals surface area contributed by atoms with E-state index in [1.807, 2.05) is 54.3 Å². The summed E-state index contributed by atoms with van der Waals surface area (Å²) in [5.41, 5.74) is 1.54. The molecule has 0 saturated carbocycles. The van der Waals surface area contributed by atoms with Crippen molar-refractivity contribution in [2.45, 2.75) is 25.8 Å². The van der Waals surface area contributed by atoms with Crippen molar-refractivity contribution in [2.24, 2.45) is 5.92 Å². The van der Waals surface area contributed by atoms with E-state index in [4.69, 9.17) is 9.47 Å². The second-order valence-electron chi connectivity index (χ2n) is 7.41. The third-order valence-corrected chi connectivity index (χ3v) is 6.03. The quantitative estimate of drug-likeness (QED) is 0.681. The number of halogens is 1. The Morgan fingerprint density at radius 1 is 1.07 bits per heavy atom. The molecule has 3 rings (SSSR count). The predicted octanol–water partition coefficient (Wildman–Crippen LogP) is 4.20. The highest BCUT2D eigenvalue weighted by atomic mass is 79.9. The van der Waals surface area contributed by atoms with E-state index in [1.54, 1.807) is 14.2 Å². The predicted molar refractivity (Wildman–Crippen MR) is 119 cm³/mol. The monoisotopic (exact) mass is 474 g/mol. The normalized spacial score (nSPS) is 15.4. The standard InChI is InChI=1S/C23H27BrN2O4/c1-15(20-14-19(29-2)8-9-21(20)30-3)25-22(27)16-10-12-26(13-11-16)23(28)17-4-6-18(24)7-5-17/h4-9,14-16H,10-13H2,1-3H3,(H,25,27). The molecule has 7 heteroatoms. The first-order chi connectivity index (χ1) is 14.4. The lowest BCUT2D eigenvalue weighted by Gasteiger charge is -2.32. The Kier molecular flexibility index (Phi) is 7.37. The number of hydrogen-bond acceptors (Lipinski definition) is 4. The largest absolute Gasteiger partial charge is 0.497 e. The molecule has 1 unspecified atom stereocenters. The maximum Gasteiger partial charge on any atom is 0.253 e. The van der Waals surface area contributed by atoms with Crippen LogP contribution in [0.4, 0.5) is 0 Å². The second-order valence-corrected chi connectivity index (χ2v) is 8.33. The smallest absolute Gasteiger partial charge is 0.253 e. The van der Waals surface area contributed by atoms with Crippen LogP contribution in [-0.4, -0.2) is 44.0 Å². The van der Waals surface area contributed by atoms with Gasteiger partial charge in [0.1, 0.15) is 11.5 Å². The minimum Gasteiger partial charge on any atom is -0.497 e. The lowest BCUT2D eigenvalue weighted by Crippen LogP contribution is -2.43. The van der Waals surface area contributed by atoms with Crippen molar-refractivity contribution in [3.8, 4) is 11.5 Å². The number of rotatable bonds is 6. The van der Waals surface area contributed by atoms with Crippen molar-refractivity contribution in [3.63, 3.8) is 0 Å². The number of carbonyl (C=O) groups is 2. The van der Waals surface area contributed by atoms with Gasteiger partial charge in [-0.25, -0.2) is 0 Å². The van der Waals surface area contributed by atoms with Crippen LogP contribution in [0.3, 0.4) is 0 Å². The summed E-state index contributed by atoms with van der Waals surface area (Å²) in [7, 11) is 3.22. The Balaban J connectivity index is 1.58. The summed E-state index contributed by atoms with van der Waals surface area (Å²) in [6.45, 7) is 3.08. The number of amides is 2. The van der Waals surface area contributed by atoms with Crippen LogP contribution < -0.4 is 14.8 Å². The highest BCUT2D eigenvalue weighted by molar-refractivity contribution is 9.10. The number of carbonyl (C=O) groups excluding carboxylic acids is 2. The van der Waals surface area contributed by atoms with Gasteiger partial charge < -0.3 is 19.7 Å². The van der Waals surface area contributed by atoms with Gasteiger partial charge in [-0.1, -0.05) is 15.9 Å². The number of piperidine rings is 1. The maximum atomic E-state index is 12.8. The van der Waals surface area contributed by atoms with Crippen molar-refractivity contribution >= 4 is 27.7 Å². The van der Waals surface area contributed by atoms with E-state index in [9.17, 15) is 9.59 Å². The Labute approximate surface area is 185 Å². The van der Waals surface area contributed by atoms with Gasteiger partial charge in [0, 0.05) is 34.6 Å². The van der Waals surface area contributed by atoms with E-state index >= 15 is 0 Å². The van der Waals surface area contributed by atoms with Crippen LogP contribution in [0.15, 0.2) is 46.9 Å². The molecule has 160 valence electrons. The van der Waals surface area contributed by atoms with Crippen molar-refractivity contribution in [1.82, 2.24) is 10.2 Å². The molecule has 1 fully saturated rings. The van der Waals surface area contributed by atoms with Crippen molar-refractivity contribution in [1.29, 1.82) is 0 Å². The molecule has 0 bridgehead atoms. The molecule has 30 heavy (non-hydrogen) atoms. The van der Waals surface area contributed by atoms with Crippen LogP contribution >= 0.6 is 15.9 Å². The Hall–Kier alpha value is -2.54. The zero-order valence-corrected chi connectivity index (χ0v) is 19.1. The summed E-state index contributed by atoms with van der Waals surface area (Å²) >= 11 is 3.38. The van der Waals surface area contributed by atoms with Crippen LogP contribution in [0, 0.1) is 5.92 Å². The first-order valence-electron chi connectivity index (χ1n) is 10.00. The number of nitrogens with zero attached hydrogens (tertiary/aromatic N) is 1. The van der Waals surface area contributed by atoms with E-state index < -0.39 is 0 Å². The van der Waals surface area contributed by atoms with Crippen LogP contribution in [0.2, 0.25) is 0 Å². The molecular formula is C23H27BrN2O4. The lowest BCUT2D eigenvalue weighted by molar-refractivity contribution is -0.127. The van der Waals surface area contributed by atoms with Crippen LogP contribution in [0.1, 0.15) is 41.7 Å². The van der Waals surface area contributed by atoms with Crippen molar-refractivity contribution in [3.05, 3.63) is 58.1 Å². The minimum absolute atomic E-state index is 0.00288. The molecule has 0 aliphatic carbocycles. The molecule has 2 amide bonds. The molecule has 0 aromatic heterocycles. The molecule has 1 aliphatic heterocycles. The molecule has 1 N–H and O–H groups in total. The topological polar surface area (TPSA) is 67.9 Å². The van der Waals surface area contributed by atoms with Gasteiger partial charge in [0.05, 0.1) is 20.3 Å². The molecule has 0 radical (unpaired) electrons. The zero-order chi connectivity index (χ0) is 21.7. The van der Waals surface area contributed by atoms with E-state index in [-0.39, 0.29) is 23.8 Å². The summed E-state index contributed by atoms with van der Waals surface area (Å²) < 4.78 is 11.7. The fourth-order valence-corrected chi connectivity index (χ4v) is 3.97. The third-order valence-electron chi connectivity index (χ3n) is 5.51. The Bertz CT molecular complexity index is 893. The average Bonchev–Trinajstić information content (AvgIpc) is 2.78. The van der Waals surface area contributed by atoms with E-state index in [0.717, 1.165) is 10.0 Å². The number of likely N-dealkylation sites (tertiary alicyclic amines) is 1. The first kappa shape index (κ1) is 22.2. The molecule has 2 aromatic carbocycles. The van der Waals surface area contributed by atoms with Crippen LogP contribution in [0.25, 0.3) is 0 Å². The molecule has 0 spiro atoms. The molecule has 1 aliphatic rings. The lowest BCUT2D eigenvalue weighted by atomic mass is 9.94. The van der Waals surface area contributed by atoms with Crippen molar-refractivity contribution in [2.75, 3.05) is 27.3 Å². The number of nitrogens with one attached hydrogen (secondary N) is 1. The summed E-state index contributed by atoms with van der Waals surface area (Å²) in [6, 6.07) is 12.7. The van der Waals surface area contributed by atoms with Gasteiger partial charge in [-0.3, -0.25) is 9.59 Å². The van der Waals surface area contributed by atoms with E-state index in [1.165, 1.54) is 0 Å². The zero-order valence-electron chi connectivity index (χ0n) is 17.5. The number of benzene rings is 2. The molecule has 6 nitrogen and oxygen atoms in total. The molecular weight excluding hydrogens is 448 g/mol. The number of ether oxygens (including phenoxy) is 2. The molecule has 1 saturated heterocycles. The SMILES string of the molecule is COc1ccc(OC)c(C(C)NC(=O)C2CCN(C(=O)c3ccc(Br)cc3)CC2)c1. The maximum absolute atomic E-state index is 12.8. The van der Waals surface area contributed by atoms with Gasteiger partial charge in [0.2, 0.25) is 5.91 Å². The fraction of sp³-hybridized carbons (Fsp3) is 0.391. The summed E-state index contributed by atoms with van der Waals surface area (Å²) in [5.74, 6) is 1.32. The first-order valence-corrected chi connectivity index (χ1v) is 10.8. The molecule has 2 aromatic rings. The minimum atomic E-state index is -0.218. The van der Waals surface area contributed by atoms with Gasteiger partial charge >= 0.3 is 0 Å². The van der Waals surface area contributed by atoms with Gasteiger partial charge in [-0.05, 0) is 62.2 Å². The van der Waals surface area contributed by atoms with Crippen LogP contribution in [0.5, 0.6) is 11.5 Å². The molecule has 1 heterocycles. The summed E-state index contributed by atoms with van der Waals surface area (Å²) in [4.78, 5) is 27.3. The summed E-state index contributed by atoms with van der Waals surface area (Å²) in [5, 5.41) is 3.09. The summed E-state index contributed by atoms with van der Waals surface area (Å²) in [6.07, 6.45) is 1.30. The second kappa shape index (κ2) is 9.98. The van der Waals surface area contributed by atoms with E-state index in [0.29, 0.717) is 43.0 Å². The fourth-order valence-electron chi connectivity index (χ4n) is 3.71. The molecule has 1 atom stereocenters. The van der Waals surface area contributed by atoms with Gasteiger partial charge in [0.15, 0.2) is 0 Å². The third kappa shape index (κ3) is 5.14. The average molecular weight is 475 g/mol. The van der Waals surface area contributed by atoms with Gasteiger partial charge in [0.25, 0.3) is 5.91 Å². The highest BCUT2D eigenvalue weighted by Gasteiger charge is 2.29. The number of hydrogen-bond donors (Lipinski definition) is 1. The van der Waals surface area contributed by atoms with E-state index in [2.05, 4.69) is 21.2 Å². The number of methoxy groups -OCH3 is 2. The van der Waals surface area contributed by atoms with Crippen molar-refractivity contribution < 1.29 is 19.1 Å². The van der Waals surface area contributed by atoms with Gasteiger partial charge in [-0.2, -0.15) is 0 Å². The Morgan fingerprint density at radius 3 is 2.33 bits per heavy atom. The highest BCUT2D eigenvalue weighted by Crippen LogP contribution is 2.30.